The van der Waals surface area contributed by atoms with Gasteiger partial charge in [-0.1, -0.05) is 85.7 Å². The fraction of sp³-hybridized carbons (Fsp3) is 0.300. The highest BCUT2D eigenvalue weighted by molar-refractivity contribution is 5.88. The van der Waals surface area contributed by atoms with Gasteiger partial charge in [-0.15, -0.1) is 0 Å². The molecule has 0 bridgehead atoms. The molecule has 0 saturated carbocycles. The maximum absolute atomic E-state index is 5.07. The summed E-state index contributed by atoms with van der Waals surface area (Å²) < 4.78 is 0. The highest BCUT2D eigenvalue weighted by atomic mass is 15.2. The van der Waals surface area contributed by atoms with Gasteiger partial charge < -0.3 is 4.90 Å². The van der Waals surface area contributed by atoms with Crippen LogP contribution in [0.15, 0.2) is 78.5 Å². The van der Waals surface area contributed by atoms with Crippen LogP contribution in [0.5, 0.6) is 0 Å². The van der Waals surface area contributed by atoms with E-state index in [1.165, 1.54) is 44.7 Å². The van der Waals surface area contributed by atoms with Gasteiger partial charge >= 0.3 is 0 Å². The molecule has 4 rings (SSSR count). The Labute approximate surface area is 193 Å². The fourth-order valence-electron chi connectivity index (χ4n) is 4.66. The summed E-state index contributed by atoms with van der Waals surface area (Å²) in [6.45, 7) is 12.0. The summed E-state index contributed by atoms with van der Waals surface area (Å²) in [5.41, 5.74) is 11.5. The lowest BCUT2D eigenvalue weighted by Gasteiger charge is -2.36. The van der Waals surface area contributed by atoms with Crippen molar-refractivity contribution in [3.63, 3.8) is 0 Å². The van der Waals surface area contributed by atoms with Crippen LogP contribution in [0.25, 0.3) is 11.1 Å². The number of fused-ring (bicyclic) bond motifs is 1. The Kier molecular flexibility index (Phi) is 6.60. The molecule has 0 fully saturated rings. The van der Waals surface area contributed by atoms with Crippen LogP contribution in [0.2, 0.25) is 0 Å². The van der Waals surface area contributed by atoms with Gasteiger partial charge in [-0.2, -0.15) is 0 Å². The van der Waals surface area contributed by atoms with Crippen LogP contribution in [0, 0.1) is 6.92 Å². The van der Waals surface area contributed by atoms with E-state index in [1.807, 2.05) is 0 Å². The van der Waals surface area contributed by atoms with Gasteiger partial charge in [0, 0.05) is 18.3 Å². The fourth-order valence-corrected chi connectivity index (χ4v) is 4.66. The Morgan fingerprint density at radius 2 is 1.72 bits per heavy atom. The molecule has 164 valence electrons. The molecule has 32 heavy (non-hydrogen) atoms. The molecule has 2 nitrogen and oxygen atoms in total. The number of allylic oxidation sites excluding steroid dienone is 2. The van der Waals surface area contributed by atoms with Crippen LogP contribution in [0.4, 0.5) is 5.69 Å². The van der Waals surface area contributed by atoms with Gasteiger partial charge in [0.1, 0.15) is 0 Å². The average Bonchev–Trinajstić information content (AvgIpc) is 2.84. The Morgan fingerprint density at radius 1 is 1.00 bits per heavy atom. The summed E-state index contributed by atoms with van der Waals surface area (Å²) in [4.78, 5) is 7.56. The van der Waals surface area contributed by atoms with Crippen molar-refractivity contribution in [2.75, 3.05) is 11.4 Å². The van der Waals surface area contributed by atoms with Crippen LogP contribution in [0.1, 0.15) is 74.5 Å². The van der Waals surface area contributed by atoms with Crippen molar-refractivity contribution >= 4 is 16.8 Å². The monoisotopic (exact) mass is 422 g/mol. The quantitative estimate of drug-likeness (QED) is 0.400. The Hall–Kier alpha value is -3.13. The highest BCUT2D eigenvalue weighted by Crippen LogP contribution is 2.40. The summed E-state index contributed by atoms with van der Waals surface area (Å²) in [6, 6.07) is 22.2. The van der Waals surface area contributed by atoms with Gasteiger partial charge in [0.2, 0.25) is 0 Å². The molecule has 0 radical (unpaired) electrons. The molecular formula is C30H34N2. The number of benzene rings is 2. The smallest absolute Gasteiger partial charge is 0.0939 e. The molecule has 1 unspecified atom stereocenters. The zero-order chi connectivity index (χ0) is 22.7. The largest absolute Gasteiger partial charge is 0.359 e. The molecule has 0 saturated heterocycles. The molecule has 1 atom stereocenters. The van der Waals surface area contributed by atoms with E-state index in [-0.39, 0.29) is 6.04 Å². The van der Waals surface area contributed by atoms with Crippen LogP contribution in [0.3, 0.4) is 0 Å². The van der Waals surface area contributed by atoms with Crippen molar-refractivity contribution < 1.29 is 0 Å². The van der Waals surface area contributed by atoms with Crippen LogP contribution >= 0.6 is 0 Å². The van der Waals surface area contributed by atoms with E-state index in [2.05, 4.69) is 112 Å². The molecule has 2 aromatic carbocycles. The molecule has 0 amide bonds. The van der Waals surface area contributed by atoms with Crippen molar-refractivity contribution in [2.24, 2.45) is 0 Å². The first-order valence-electron chi connectivity index (χ1n) is 11.8. The molecule has 0 N–H and O–H groups in total. The van der Waals surface area contributed by atoms with Gasteiger partial charge in [-0.25, -0.2) is 0 Å². The van der Waals surface area contributed by atoms with E-state index in [4.69, 9.17) is 4.98 Å². The maximum atomic E-state index is 5.07. The first-order chi connectivity index (χ1) is 15.5. The molecule has 0 aliphatic carbocycles. The third kappa shape index (κ3) is 4.27. The lowest BCUT2D eigenvalue weighted by molar-refractivity contribution is 0.701. The lowest BCUT2D eigenvalue weighted by atomic mass is 9.92. The highest BCUT2D eigenvalue weighted by Gasteiger charge is 2.26. The third-order valence-electron chi connectivity index (χ3n) is 6.78. The van der Waals surface area contributed by atoms with E-state index in [0.717, 1.165) is 25.1 Å². The average molecular weight is 423 g/mol. The summed E-state index contributed by atoms with van der Waals surface area (Å²) in [5.74, 6) is 0. The summed E-state index contributed by atoms with van der Waals surface area (Å²) in [6.07, 6.45) is 6.51. The predicted octanol–water partition coefficient (Wildman–Crippen LogP) is 8.00. The van der Waals surface area contributed by atoms with Gasteiger partial charge in [0.05, 0.1) is 17.4 Å². The van der Waals surface area contributed by atoms with Crippen molar-refractivity contribution in [2.45, 2.75) is 53.5 Å². The molecule has 1 aliphatic heterocycles. The molecule has 1 aromatic heterocycles. The minimum absolute atomic E-state index is 0.268. The van der Waals surface area contributed by atoms with E-state index in [1.54, 1.807) is 0 Å². The standard InChI is InChI=1S/C30H34N2/c1-6-22(4)27(7-2)26-19-29-30(31-20-26)28(25-15-13-21(3)14-16-25)17-18-32(29)23(5)24-11-9-8-10-12-24/h8-17,19-20,23H,6-7,18H2,1-5H3/b27-22+. The van der Waals surface area contributed by atoms with Crippen molar-refractivity contribution in [3.8, 4) is 0 Å². The van der Waals surface area contributed by atoms with E-state index < -0.39 is 0 Å². The predicted molar refractivity (Wildman–Crippen MR) is 138 cm³/mol. The SMILES string of the molecule is CC/C(C)=C(\CC)c1cnc2c(c1)N(C(C)c1ccccc1)CC=C2c1ccc(C)cc1. The van der Waals surface area contributed by atoms with Gasteiger partial charge in [-0.05, 0) is 61.9 Å². The number of pyridine rings is 1. The second-order valence-electron chi connectivity index (χ2n) is 8.78. The Morgan fingerprint density at radius 3 is 2.38 bits per heavy atom. The summed E-state index contributed by atoms with van der Waals surface area (Å²) in [7, 11) is 0. The number of hydrogen-bond acceptors (Lipinski definition) is 2. The van der Waals surface area contributed by atoms with Crippen LogP contribution in [-0.4, -0.2) is 11.5 Å². The molecule has 3 aromatic rings. The van der Waals surface area contributed by atoms with Gasteiger partial charge in [-0.3, -0.25) is 4.98 Å². The van der Waals surface area contributed by atoms with E-state index in [9.17, 15) is 0 Å². The maximum Gasteiger partial charge on any atom is 0.0939 e. The number of aryl methyl sites for hydroxylation is 1. The number of nitrogens with zero attached hydrogens (tertiary/aromatic N) is 2. The zero-order valence-electron chi connectivity index (χ0n) is 20.0. The summed E-state index contributed by atoms with van der Waals surface area (Å²) >= 11 is 0. The molecule has 2 heterocycles. The van der Waals surface area contributed by atoms with Gasteiger partial charge in [0.15, 0.2) is 0 Å². The minimum atomic E-state index is 0.268. The van der Waals surface area contributed by atoms with Gasteiger partial charge in [0.25, 0.3) is 0 Å². The van der Waals surface area contributed by atoms with Crippen LogP contribution < -0.4 is 4.90 Å². The van der Waals surface area contributed by atoms with Crippen molar-refractivity contribution in [3.05, 3.63) is 106 Å². The van der Waals surface area contributed by atoms with E-state index in [0.29, 0.717) is 0 Å². The number of aromatic nitrogens is 1. The molecule has 1 aliphatic rings. The first-order valence-corrected chi connectivity index (χ1v) is 11.8. The second kappa shape index (κ2) is 9.56. The Bertz CT molecular complexity index is 1140. The first kappa shape index (κ1) is 22.1. The summed E-state index contributed by atoms with van der Waals surface area (Å²) in [5, 5.41) is 0. The van der Waals surface area contributed by atoms with Crippen LogP contribution in [-0.2, 0) is 0 Å². The third-order valence-corrected chi connectivity index (χ3v) is 6.78. The normalized spacial score (nSPS) is 15.0. The second-order valence-corrected chi connectivity index (χ2v) is 8.78. The number of hydrogen-bond donors (Lipinski definition) is 0. The lowest BCUT2D eigenvalue weighted by Crippen LogP contribution is -2.31. The zero-order valence-corrected chi connectivity index (χ0v) is 20.0. The van der Waals surface area contributed by atoms with E-state index >= 15 is 0 Å². The molecule has 2 heteroatoms. The number of rotatable bonds is 6. The van der Waals surface area contributed by atoms with Crippen molar-refractivity contribution in [1.29, 1.82) is 0 Å². The Balaban J connectivity index is 1.85. The topological polar surface area (TPSA) is 16.1 Å². The molecule has 0 spiro atoms. The molecular weight excluding hydrogens is 388 g/mol. The minimum Gasteiger partial charge on any atom is -0.359 e. The van der Waals surface area contributed by atoms with Crippen molar-refractivity contribution in [1.82, 2.24) is 4.98 Å². The number of anilines is 1.